The quantitative estimate of drug-likeness (QED) is 0.339. The number of halogens is 2. The van der Waals surface area contributed by atoms with E-state index in [0.717, 1.165) is 0 Å². The fourth-order valence-electron chi connectivity index (χ4n) is 3.06. The van der Waals surface area contributed by atoms with E-state index in [-0.39, 0.29) is 17.3 Å². The Balaban J connectivity index is 1.86. The molecule has 2 aromatic heterocycles. The number of benzene rings is 2. The Bertz CT molecular complexity index is 1320. The van der Waals surface area contributed by atoms with Crippen LogP contribution in [0, 0.1) is 0 Å². The highest BCUT2D eigenvalue weighted by Crippen LogP contribution is 2.28. The van der Waals surface area contributed by atoms with Gasteiger partial charge in [0.2, 0.25) is 0 Å². The van der Waals surface area contributed by atoms with Gasteiger partial charge in [-0.05, 0) is 29.8 Å². The van der Waals surface area contributed by atoms with E-state index in [1.807, 2.05) is 24.3 Å². The number of nitrogen functional groups attached to an aromatic ring is 1. The van der Waals surface area contributed by atoms with Crippen molar-refractivity contribution in [2.45, 2.75) is 0 Å². The molecule has 2 heterocycles. The Morgan fingerprint density at radius 1 is 1.19 bits per heavy atom. The number of carbonyl (C=O) groups is 1. The summed E-state index contributed by atoms with van der Waals surface area (Å²) in [5.74, 6) is -0.260. The number of fused-ring (bicyclic) bond motifs is 2. The molecular weight excluding hydrogens is 439 g/mol. The van der Waals surface area contributed by atoms with E-state index in [4.69, 9.17) is 33.7 Å². The number of amides is 1. The molecule has 8 nitrogen and oxygen atoms in total. The van der Waals surface area contributed by atoms with Gasteiger partial charge in [-0.3, -0.25) is 4.79 Å². The maximum atomic E-state index is 12.8. The minimum atomic E-state index is -0.382. The van der Waals surface area contributed by atoms with E-state index >= 15 is 0 Å². The van der Waals surface area contributed by atoms with E-state index in [1.54, 1.807) is 31.5 Å². The van der Waals surface area contributed by atoms with Gasteiger partial charge < -0.3 is 15.8 Å². The van der Waals surface area contributed by atoms with E-state index < -0.39 is 0 Å². The molecule has 0 saturated heterocycles. The van der Waals surface area contributed by atoms with Crippen LogP contribution in [-0.2, 0) is 4.74 Å². The van der Waals surface area contributed by atoms with Gasteiger partial charge in [0.25, 0.3) is 5.91 Å². The van der Waals surface area contributed by atoms with Crippen molar-refractivity contribution < 1.29 is 9.53 Å². The molecule has 0 bridgehead atoms. The van der Waals surface area contributed by atoms with Crippen LogP contribution >= 0.6 is 23.2 Å². The zero-order valence-corrected chi connectivity index (χ0v) is 18.0. The van der Waals surface area contributed by atoms with Crippen molar-refractivity contribution in [3.05, 3.63) is 63.6 Å². The number of methoxy groups -OCH3 is 1. The molecule has 0 unspecified atom stereocenters. The normalized spacial score (nSPS) is 11.6. The van der Waals surface area contributed by atoms with E-state index in [2.05, 4.69) is 20.4 Å². The first kappa shape index (κ1) is 21.0. The van der Waals surface area contributed by atoms with E-state index in [1.165, 1.54) is 4.68 Å². The molecule has 0 radical (unpaired) electrons. The monoisotopic (exact) mass is 456 g/mol. The van der Waals surface area contributed by atoms with Gasteiger partial charge in [0.1, 0.15) is 16.9 Å². The topological polar surface area (TPSA) is 107 Å². The second-order valence-corrected chi connectivity index (χ2v) is 7.44. The van der Waals surface area contributed by atoms with Crippen molar-refractivity contribution in [3.8, 4) is 0 Å². The third kappa shape index (κ3) is 4.18. The fourth-order valence-corrected chi connectivity index (χ4v) is 3.37. The van der Waals surface area contributed by atoms with Crippen LogP contribution in [0.2, 0.25) is 10.0 Å². The van der Waals surface area contributed by atoms with Crippen LogP contribution in [0.1, 0.15) is 15.9 Å². The summed E-state index contributed by atoms with van der Waals surface area (Å²) in [5, 5.41) is 8.06. The van der Waals surface area contributed by atoms with Crippen molar-refractivity contribution >= 4 is 63.3 Å². The molecule has 4 rings (SSSR count). The Morgan fingerprint density at radius 2 is 1.94 bits per heavy atom. The molecule has 10 heteroatoms. The number of anilines is 1. The van der Waals surface area contributed by atoms with Gasteiger partial charge >= 0.3 is 0 Å². The summed E-state index contributed by atoms with van der Waals surface area (Å²) < 4.78 is 6.38. The summed E-state index contributed by atoms with van der Waals surface area (Å²) in [7, 11) is 1.56. The van der Waals surface area contributed by atoms with Crippen molar-refractivity contribution in [2.75, 3.05) is 26.0 Å². The lowest BCUT2D eigenvalue weighted by molar-refractivity contribution is 0.0939. The number of nitrogens with zero attached hydrogens (tertiary/aromatic N) is 4. The summed E-state index contributed by atoms with van der Waals surface area (Å²) in [4.78, 5) is 22.1. The molecule has 158 valence electrons. The molecule has 0 aliphatic heterocycles. The predicted octanol–water partition coefficient (Wildman–Crippen LogP) is 3.73. The lowest BCUT2D eigenvalue weighted by Gasteiger charge is -2.04. The smallest absolute Gasteiger partial charge is 0.257 e. The first-order chi connectivity index (χ1) is 15.0. The number of ether oxygens (including phenoxy) is 1. The average molecular weight is 457 g/mol. The van der Waals surface area contributed by atoms with Crippen LogP contribution in [0.5, 0.6) is 0 Å². The zero-order chi connectivity index (χ0) is 22.0. The highest BCUT2D eigenvalue weighted by molar-refractivity contribution is 6.42. The van der Waals surface area contributed by atoms with Crippen molar-refractivity contribution in [2.24, 2.45) is 5.10 Å². The first-order valence-electron chi connectivity index (χ1n) is 9.33. The standard InChI is InChI=1S/C21H18Cl2N6O2/c1-31-9-8-25-21(30)17-18-20(28-16-5-3-2-4-15(16)27-18)29(19(17)24)26-11-12-6-7-13(22)14(23)10-12/h2-7,10-11H,8-9,24H2,1H3,(H,25,30). The number of para-hydroxylation sites is 2. The zero-order valence-electron chi connectivity index (χ0n) is 16.5. The van der Waals surface area contributed by atoms with Crippen molar-refractivity contribution in [1.29, 1.82) is 0 Å². The molecule has 0 aliphatic rings. The number of rotatable bonds is 6. The van der Waals surface area contributed by atoms with E-state index in [0.29, 0.717) is 51.0 Å². The fraction of sp³-hybridized carbons (Fsp3) is 0.143. The molecule has 0 atom stereocenters. The van der Waals surface area contributed by atoms with Crippen LogP contribution < -0.4 is 11.1 Å². The summed E-state index contributed by atoms with van der Waals surface area (Å²) in [6, 6.07) is 12.5. The highest BCUT2D eigenvalue weighted by atomic mass is 35.5. The van der Waals surface area contributed by atoms with E-state index in [9.17, 15) is 4.79 Å². The lowest BCUT2D eigenvalue weighted by Crippen LogP contribution is -2.27. The van der Waals surface area contributed by atoms with Crippen LogP contribution in [0.25, 0.3) is 22.2 Å². The van der Waals surface area contributed by atoms with Crippen LogP contribution in [-0.4, -0.2) is 47.0 Å². The van der Waals surface area contributed by atoms with Gasteiger partial charge in [0.15, 0.2) is 5.65 Å². The maximum absolute atomic E-state index is 12.8. The third-order valence-corrected chi connectivity index (χ3v) is 5.30. The Hall–Kier alpha value is -3.20. The molecule has 4 aromatic rings. The number of carbonyl (C=O) groups excluding carboxylic acids is 1. The molecule has 0 fully saturated rings. The average Bonchev–Trinajstić information content (AvgIpc) is 3.03. The van der Waals surface area contributed by atoms with Gasteiger partial charge in [0.05, 0.1) is 33.9 Å². The summed E-state index contributed by atoms with van der Waals surface area (Å²) in [6.45, 7) is 0.698. The number of hydrogen-bond donors (Lipinski definition) is 2. The van der Waals surface area contributed by atoms with Gasteiger partial charge in [-0.1, -0.05) is 41.4 Å². The number of hydrogen-bond acceptors (Lipinski definition) is 6. The molecule has 1 amide bonds. The highest BCUT2D eigenvalue weighted by Gasteiger charge is 2.23. The van der Waals surface area contributed by atoms with Crippen molar-refractivity contribution in [3.63, 3.8) is 0 Å². The molecule has 0 aliphatic carbocycles. The van der Waals surface area contributed by atoms with Crippen LogP contribution in [0.15, 0.2) is 47.6 Å². The molecule has 3 N–H and O–H groups in total. The molecular formula is C21H18Cl2N6O2. The number of nitrogens with two attached hydrogens (primary N) is 1. The van der Waals surface area contributed by atoms with Crippen LogP contribution in [0.3, 0.4) is 0 Å². The van der Waals surface area contributed by atoms with Gasteiger partial charge in [-0.25, -0.2) is 9.97 Å². The van der Waals surface area contributed by atoms with Gasteiger partial charge in [-0.15, -0.1) is 0 Å². The number of nitrogens with one attached hydrogen (secondary N) is 1. The first-order valence-corrected chi connectivity index (χ1v) is 10.1. The van der Waals surface area contributed by atoms with Gasteiger partial charge in [-0.2, -0.15) is 9.78 Å². The van der Waals surface area contributed by atoms with Gasteiger partial charge in [0, 0.05) is 13.7 Å². The third-order valence-electron chi connectivity index (χ3n) is 4.56. The largest absolute Gasteiger partial charge is 0.383 e. The molecule has 2 aromatic carbocycles. The molecule has 0 saturated carbocycles. The minimum Gasteiger partial charge on any atom is -0.383 e. The molecule has 31 heavy (non-hydrogen) atoms. The van der Waals surface area contributed by atoms with Crippen LogP contribution in [0.4, 0.5) is 5.82 Å². The maximum Gasteiger partial charge on any atom is 0.257 e. The Labute approximate surface area is 187 Å². The minimum absolute atomic E-state index is 0.122. The number of aromatic nitrogens is 3. The molecule has 0 spiro atoms. The predicted molar refractivity (Wildman–Crippen MR) is 123 cm³/mol. The summed E-state index contributed by atoms with van der Waals surface area (Å²) in [5.41, 5.74) is 9.27. The Kier molecular flexibility index (Phi) is 6.03. The SMILES string of the molecule is COCCNC(=O)c1c(N)n(N=Cc2ccc(Cl)c(Cl)c2)c2nc3ccccc3nc12. The Morgan fingerprint density at radius 3 is 2.65 bits per heavy atom. The van der Waals surface area contributed by atoms with Crippen molar-refractivity contribution in [1.82, 2.24) is 20.0 Å². The summed E-state index contributed by atoms with van der Waals surface area (Å²) >= 11 is 12.1. The lowest BCUT2D eigenvalue weighted by atomic mass is 10.2. The second kappa shape index (κ2) is 8.89. The summed E-state index contributed by atoms with van der Waals surface area (Å²) in [6.07, 6.45) is 1.56. The second-order valence-electron chi connectivity index (χ2n) is 6.62.